The van der Waals surface area contributed by atoms with Crippen LogP contribution in [0.4, 0.5) is 0 Å². The van der Waals surface area contributed by atoms with Gasteiger partial charge in [0.25, 0.3) is 0 Å². The summed E-state index contributed by atoms with van der Waals surface area (Å²) < 4.78 is 15.7. The highest BCUT2D eigenvalue weighted by molar-refractivity contribution is 5.80. The Morgan fingerprint density at radius 2 is 2.28 bits per heavy atom. The Bertz CT molecular complexity index is 422. The van der Waals surface area contributed by atoms with Gasteiger partial charge >= 0.3 is 5.97 Å². The molecule has 0 amide bonds. The van der Waals surface area contributed by atoms with Crippen molar-refractivity contribution in [3.63, 3.8) is 0 Å². The number of carbonyl (C=O) groups is 1. The number of carbonyl (C=O) groups excluding carboxylic acids is 1. The van der Waals surface area contributed by atoms with Gasteiger partial charge in [0.15, 0.2) is 5.60 Å². The van der Waals surface area contributed by atoms with E-state index in [9.17, 15) is 4.79 Å². The second-order valence-electron chi connectivity index (χ2n) is 4.47. The molecule has 98 valence electrons. The summed E-state index contributed by atoms with van der Waals surface area (Å²) in [5.41, 5.74) is 0.197. The fourth-order valence-electron chi connectivity index (χ4n) is 2.37. The number of methoxy groups -OCH3 is 2. The summed E-state index contributed by atoms with van der Waals surface area (Å²) in [7, 11) is 3.03. The Morgan fingerprint density at radius 1 is 1.44 bits per heavy atom. The van der Waals surface area contributed by atoms with Crippen LogP contribution in [0.1, 0.15) is 18.4 Å². The van der Waals surface area contributed by atoms with Gasteiger partial charge in [0.1, 0.15) is 5.75 Å². The van der Waals surface area contributed by atoms with E-state index in [1.165, 1.54) is 7.11 Å². The van der Waals surface area contributed by atoms with E-state index < -0.39 is 5.60 Å². The first-order chi connectivity index (χ1) is 8.70. The first kappa shape index (κ1) is 12.9. The fourth-order valence-corrected chi connectivity index (χ4v) is 2.37. The zero-order chi connectivity index (χ0) is 13.0. The molecular formula is C14H18O4. The van der Waals surface area contributed by atoms with Crippen LogP contribution in [0.3, 0.4) is 0 Å². The molecule has 0 aromatic heterocycles. The van der Waals surface area contributed by atoms with Gasteiger partial charge in [0.05, 0.1) is 14.2 Å². The van der Waals surface area contributed by atoms with E-state index in [2.05, 4.69) is 0 Å². The lowest BCUT2D eigenvalue weighted by Crippen LogP contribution is -2.41. The maximum atomic E-state index is 11.9. The summed E-state index contributed by atoms with van der Waals surface area (Å²) in [5.74, 6) is 0.494. The Hall–Kier alpha value is -1.55. The molecule has 0 saturated carbocycles. The Morgan fingerprint density at radius 3 is 2.89 bits per heavy atom. The molecule has 4 heteroatoms. The van der Waals surface area contributed by atoms with Gasteiger partial charge in [0, 0.05) is 13.0 Å². The number of hydrogen-bond acceptors (Lipinski definition) is 4. The number of benzene rings is 1. The third-order valence-corrected chi connectivity index (χ3v) is 3.28. The SMILES string of the molecule is COC(=O)C1(Cc2cccc(OC)c2)CCCO1. The van der Waals surface area contributed by atoms with Crippen LogP contribution < -0.4 is 4.74 Å². The molecule has 1 aromatic carbocycles. The van der Waals surface area contributed by atoms with Gasteiger partial charge in [-0.1, -0.05) is 12.1 Å². The maximum Gasteiger partial charge on any atom is 0.338 e. The zero-order valence-electron chi connectivity index (χ0n) is 10.8. The number of rotatable bonds is 4. The minimum absolute atomic E-state index is 0.289. The summed E-state index contributed by atoms with van der Waals surface area (Å²) in [4.78, 5) is 11.9. The quantitative estimate of drug-likeness (QED) is 0.766. The van der Waals surface area contributed by atoms with Crippen molar-refractivity contribution in [2.75, 3.05) is 20.8 Å². The summed E-state index contributed by atoms with van der Waals surface area (Å²) in [6.45, 7) is 0.610. The first-order valence-electron chi connectivity index (χ1n) is 6.05. The van der Waals surface area contributed by atoms with Crippen molar-refractivity contribution in [2.45, 2.75) is 24.9 Å². The maximum absolute atomic E-state index is 11.9. The van der Waals surface area contributed by atoms with Crippen LogP contribution in [-0.4, -0.2) is 32.4 Å². The first-order valence-corrected chi connectivity index (χ1v) is 6.05. The highest BCUT2D eigenvalue weighted by Crippen LogP contribution is 2.31. The van der Waals surface area contributed by atoms with Crippen LogP contribution >= 0.6 is 0 Å². The molecular weight excluding hydrogens is 232 g/mol. The van der Waals surface area contributed by atoms with E-state index in [1.807, 2.05) is 24.3 Å². The van der Waals surface area contributed by atoms with E-state index in [4.69, 9.17) is 14.2 Å². The average molecular weight is 250 g/mol. The molecule has 1 saturated heterocycles. The molecule has 4 nitrogen and oxygen atoms in total. The molecule has 0 N–H and O–H groups in total. The number of ether oxygens (including phenoxy) is 3. The minimum Gasteiger partial charge on any atom is -0.497 e. The molecule has 1 atom stereocenters. The normalized spacial score (nSPS) is 22.8. The second kappa shape index (κ2) is 5.40. The molecule has 18 heavy (non-hydrogen) atoms. The molecule has 0 bridgehead atoms. The van der Waals surface area contributed by atoms with Gasteiger partial charge < -0.3 is 14.2 Å². The highest BCUT2D eigenvalue weighted by Gasteiger charge is 2.43. The van der Waals surface area contributed by atoms with Crippen LogP contribution in [0, 0.1) is 0 Å². The molecule has 1 aliphatic heterocycles. The lowest BCUT2D eigenvalue weighted by atomic mass is 9.91. The highest BCUT2D eigenvalue weighted by atomic mass is 16.6. The van der Waals surface area contributed by atoms with Crippen LogP contribution in [0.15, 0.2) is 24.3 Å². The second-order valence-corrected chi connectivity index (χ2v) is 4.47. The van der Waals surface area contributed by atoms with Crippen molar-refractivity contribution in [1.29, 1.82) is 0 Å². The number of hydrogen-bond donors (Lipinski definition) is 0. The van der Waals surface area contributed by atoms with E-state index in [0.717, 1.165) is 17.7 Å². The summed E-state index contributed by atoms with van der Waals surface area (Å²) >= 11 is 0. The predicted molar refractivity (Wildman–Crippen MR) is 66.6 cm³/mol. The van der Waals surface area contributed by atoms with Gasteiger partial charge in [-0.05, 0) is 30.5 Å². The van der Waals surface area contributed by atoms with Crippen molar-refractivity contribution in [1.82, 2.24) is 0 Å². The van der Waals surface area contributed by atoms with Crippen LogP contribution in [0.25, 0.3) is 0 Å². The Balaban J connectivity index is 2.20. The lowest BCUT2D eigenvalue weighted by Gasteiger charge is -2.25. The van der Waals surface area contributed by atoms with Crippen molar-refractivity contribution in [2.24, 2.45) is 0 Å². The standard InChI is InChI=1S/C14H18O4/c1-16-12-6-3-5-11(9-12)10-14(13(15)17-2)7-4-8-18-14/h3,5-6,9H,4,7-8,10H2,1-2H3. The molecule has 1 heterocycles. The Kier molecular flexibility index (Phi) is 3.87. The molecule has 1 aliphatic rings. The third-order valence-electron chi connectivity index (χ3n) is 3.28. The molecule has 1 aromatic rings. The summed E-state index contributed by atoms with van der Waals surface area (Å²) in [6, 6.07) is 7.68. The third kappa shape index (κ3) is 2.48. The molecule has 1 fully saturated rings. The van der Waals surface area contributed by atoms with Crippen LogP contribution in [0.2, 0.25) is 0 Å². The predicted octanol–water partition coefficient (Wildman–Crippen LogP) is 1.96. The van der Waals surface area contributed by atoms with Gasteiger partial charge in [-0.2, -0.15) is 0 Å². The Labute approximate surface area is 107 Å². The van der Waals surface area contributed by atoms with E-state index in [0.29, 0.717) is 19.4 Å². The molecule has 1 unspecified atom stereocenters. The minimum atomic E-state index is -0.818. The summed E-state index contributed by atoms with van der Waals surface area (Å²) in [6.07, 6.45) is 2.12. The smallest absolute Gasteiger partial charge is 0.338 e. The zero-order valence-corrected chi connectivity index (χ0v) is 10.8. The largest absolute Gasteiger partial charge is 0.497 e. The van der Waals surface area contributed by atoms with Crippen LogP contribution in [-0.2, 0) is 20.7 Å². The van der Waals surface area contributed by atoms with Gasteiger partial charge in [-0.15, -0.1) is 0 Å². The van der Waals surface area contributed by atoms with E-state index in [1.54, 1.807) is 7.11 Å². The van der Waals surface area contributed by atoms with Gasteiger partial charge in [-0.25, -0.2) is 4.79 Å². The van der Waals surface area contributed by atoms with Crippen molar-refractivity contribution in [3.05, 3.63) is 29.8 Å². The monoisotopic (exact) mass is 250 g/mol. The lowest BCUT2D eigenvalue weighted by molar-refractivity contribution is -0.163. The average Bonchev–Trinajstić information content (AvgIpc) is 2.87. The van der Waals surface area contributed by atoms with E-state index >= 15 is 0 Å². The fraction of sp³-hybridized carbons (Fsp3) is 0.500. The van der Waals surface area contributed by atoms with E-state index in [-0.39, 0.29) is 5.97 Å². The van der Waals surface area contributed by atoms with Crippen molar-refractivity contribution >= 4 is 5.97 Å². The molecule has 0 aliphatic carbocycles. The van der Waals surface area contributed by atoms with Gasteiger partial charge in [0.2, 0.25) is 0 Å². The number of esters is 1. The summed E-state index contributed by atoms with van der Waals surface area (Å²) in [5, 5.41) is 0. The molecule has 0 radical (unpaired) electrons. The van der Waals surface area contributed by atoms with Crippen molar-refractivity contribution < 1.29 is 19.0 Å². The molecule has 0 spiro atoms. The van der Waals surface area contributed by atoms with Crippen LogP contribution in [0.5, 0.6) is 5.75 Å². The molecule has 2 rings (SSSR count). The van der Waals surface area contributed by atoms with Crippen molar-refractivity contribution in [3.8, 4) is 5.75 Å². The topological polar surface area (TPSA) is 44.8 Å². The van der Waals surface area contributed by atoms with Gasteiger partial charge in [-0.3, -0.25) is 0 Å².